The topological polar surface area (TPSA) is 40.0 Å². The summed E-state index contributed by atoms with van der Waals surface area (Å²) in [6, 6.07) is 8.76. The van der Waals surface area contributed by atoms with E-state index in [-0.39, 0.29) is 4.75 Å². The van der Waals surface area contributed by atoms with Crippen molar-refractivity contribution < 1.29 is 0 Å². The summed E-state index contributed by atoms with van der Waals surface area (Å²) in [6.45, 7) is 25.1. The van der Waals surface area contributed by atoms with Crippen molar-refractivity contribution in [3.05, 3.63) is 96.5 Å². The van der Waals surface area contributed by atoms with Crippen LogP contribution in [0.3, 0.4) is 0 Å². The highest BCUT2D eigenvalue weighted by Crippen LogP contribution is 2.40. The molecule has 1 aromatic carbocycles. The summed E-state index contributed by atoms with van der Waals surface area (Å²) in [5.74, 6) is 0. The second-order valence-electron chi connectivity index (χ2n) is 10.8. The van der Waals surface area contributed by atoms with Crippen molar-refractivity contribution in [1.29, 1.82) is 0 Å². The van der Waals surface area contributed by atoms with E-state index in [9.17, 15) is 0 Å². The summed E-state index contributed by atoms with van der Waals surface area (Å²) in [7, 11) is 3.58. The number of hydrazone groups is 1. The Morgan fingerprint density at radius 2 is 1.82 bits per heavy atom. The number of nitrogens with one attached hydrogen (secondary N) is 1. The van der Waals surface area contributed by atoms with E-state index in [1.54, 1.807) is 10.8 Å². The monoisotopic (exact) mass is 548 g/mol. The Morgan fingerprint density at radius 1 is 1.11 bits per heavy atom. The second-order valence-corrected chi connectivity index (χ2v) is 13.7. The van der Waals surface area contributed by atoms with Gasteiger partial charge in [-0.2, -0.15) is 5.10 Å². The number of hydrogen-bond acceptors (Lipinski definition) is 6. The van der Waals surface area contributed by atoms with Gasteiger partial charge in [-0.3, -0.25) is 10.4 Å². The number of benzene rings is 1. The first-order chi connectivity index (χ1) is 18.1. The third-order valence-electron chi connectivity index (χ3n) is 6.66. The molecule has 38 heavy (non-hydrogen) atoms. The lowest BCUT2D eigenvalue weighted by atomic mass is 10.0. The fraction of sp³-hybridized carbons (Fsp3) is 0.438. The van der Waals surface area contributed by atoms with Crippen molar-refractivity contribution in [2.45, 2.75) is 76.9 Å². The number of dihydropyridines is 1. The van der Waals surface area contributed by atoms with Crippen LogP contribution in [0.5, 0.6) is 0 Å². The molecule has 0 atom stereocenters. The van der Waals surface area contributed by atoms with Crippen LogP contribution in [0.4, 0.5) is 0 Å². The largest absolute Gasteiger partial charge is 0.346 e. The Bertz CT molecular complexity index is 1090. The molecule has 4 nitrogen and oxygen atoms in total. The second kappa shape index (κ2) is 14.6. The van der Waals surface area contributed by atoms with Crippen LogP contribution in [0.15, 0.2) is 95.5 Å². The van der Waals surface area contributed by atoms with Gasteiger partial charge in [0, 0.05) is 41.3 Å². The number of nitrogens with zero attached hydrogens (tertiary/aromatic N) is 3. The summed E-state index contributed by atoms with van der Waals surface area (Å²) < 4.78 is 0.0252. The van der Waals surface area contributed by atoms with Crippen molar-refractivity contribution in [1.82, 2.24) is 10.3 Å². The molecule has 0 radical (unpaired) electrons. The molecule has 2 aliphatic heterocycles. The van der Waals surface area contributed by atoms with Gasteiger partial charge >= 0.3 is 0 Å². The molecule has 0 spiro atoms. The predicted molar refractivity (Wildman–Crippen MR) is 172 cm³/mol. The lowest BCUT2D eigenvalue weighted by Crippen LogP contribution is -2.20. The van der Waals surface area contributed by atoms with Crippen LogP contribution < -0.4 is 5.43 Å². The molecular weight excluding hydrogens is 505 g/mol. The van der Waals surface area contributed by atoms with Gasteiger partial charge in [0.05, 0.1) is 5.71 Å². The molecule has 0 aromatic heterocycles. The first-order valence-electron chi connectivity index (χ1n) is 13.6. The van der Waals surface area contributed by atoms with Crippen molar-refractivity contribution in [3.8, 4) is 0 Å². The van der Waals surface area contributed by atoms with Gasteiger partial charge < -0.3 is 4.90 Å². The lowest BCUT2D eigenvalue weighted by molar-refractivity contribution is 0.488. The van der Waals surface area contributed by atoms with Gasteiger partial charge in [-0.15, -0.1) is 0 Å². The summed E-state index contributed by atoms with van der Waals surface area (Å²) in [5, 5.41) is 5.70. The van der Waals surface area contributed by atoms with Gasteiger partial charge in [0.15, 0.2) is 0 Å². The first-order valence-corrected chi connectivity index (χ1v) is 15.7. The van der Waals surface area contributed by atoms with Crippen molar-refractivity contribution in [3.63, 3.8) is 0 Å². The van der Waals surface area contributed by atoms with Crippen LogP contribution in [0.25, 0.3) is 0 Å². The molecule has 204 valence electrons. The minimum Gasteiger partial charge on any atom is -0.346 e. The highest BCUT2D eigenvalue weighted by atomic mass is 33.1. The molecule has 2 heterocycles. The van der Waals surface area contributed by atoms with Crippen LogP contribution in [0.2, 0.25) is 0 Å². The maximum Gasteiger partial charge on any atom is 0.101 e. The highest BCUT2D eigenvalue weighted by Gasteiger charge is 2.22. The Morgan fingerprint density at radius 3 is 2.47 bits per heavy atom. The zero-order valence-electron chi connectivity index (χ0n) is 23.5. The number of allylic oxidation sites excluding steroid dienone is 3. The zero-order valence-corrected chi connectivity index (χ0v) is 25.2. The maximum absolute atomic E-state index is 4.60. The summed E-state index contributed by atoms with van der Waals surface area (Å²) in [6.07, 6.45) is 12.7. The van der Waals surface area contributed by atoms with Gasteiger partial charge in [-0.25, -0.2) is 0 Å². The molecule has 3 rings (SSSR count). The molecule has 1 N–H and O–H groups in total. The van der Waals surface area contributed by atoms with Crippen LogP contribution >= 0.6 is 21.6 Å². The zero-order chi connectivity index (χ0) is 27.5. The van der Waals surface area contributed by atoms with E-state index < -0.39 is 0 Å². The fourth-order valence-corrected chi connectivity index (χ4v) is 6.71. The highest BCUT2D eigenvalue weighted by molar-refractivity contribution is 8.82. The van der Waals surface area contributed by atoms with E-state index in [0.717, 1.165) is 86.5 Å². The van der Waals surface area contributed by atoms with E-state index in [4.69, 9.17) is 0 Å². The third kappa shape index (κ3) is 10.0. The first kappa shape index (κ1) is 30.1. The third-order valence-corrected chi connectivity index (χ3v) is 9.89. The van der Waals surface area contributed by atoms with E-state index in [0.29, 0.717) is 0 Å². The summed E-state index contributed by atoms with van der Waals surface area (Å²) >= 11 is 0. The fourth-order valence-electron chi connectivity index (χ4n) is 4.43. The van der Waals surface area contributed by atoms with Crippen LogP contribution in [0, 0.1) is 0 Å². The standard InChI is InChI=1S/C32H44N4S2/c1-24(23-36-26(3)15-16-27(36)4)12-8-9-13-29-17-19-30(20-18-29)28(5)35-34-25(2)22-32(6,7)38-37-31-14-10-11-21-33-31/h10,14,17-20,34H,1-4,8-9,11-13,15-16,21-23H2,5-7H3/b35-28+. The summed E-state index contributed by atoms with van der Waals surface area (Å²) in [4.78, 5) is 6.80. The maximum atomic E-state index is 4.60. The average Bonchev–Trinajstić information content (AvgIpc) is 3.21. The predicted octanol–water partition coefficient (Wildman–Crippen LogP) is 8.81. The van der Waals surface area contributed by atoms with E-state index in [1.807, 2.05) is 17.7 Å². The number of rotatable bonds is 14. The van der Waals surface area contributed by atoms with Gasteiger partial charge in [0.1, 0.15) is 5.04 Å². The lowest BCUT2D eigenvalue weighted by Gasteiger charge is -2.24. The Kier molecular flexibility index (Phi) is 11.6. The van der Waals surface area contributed by atoms with Crippen molar-refractivity contribution in [2.75, 3.05) is 13.1 Å². The number of unbranched alkanes of at least 4 members (excludes halogenated alkanes) is 1. The van der Waals surface area contributed by atoms with Crippen molar-refractivity contribution in [2.24, 2.45) is 10.1 Å². The number of hydrogen-bond donors (Lipinski definition) is 1. The SMILES string of the molecule is C=C(CCCCc1ccc(/C(C)=N/NC(=C)CC(C)(C)SSC2=NCCC=C2)cc1)CN1C(=C)CCC1=C. The number of likely N-dealkylation sites (tertiary alicyclic amines) is 1. The molecule has 1 saturated heterocycles. The Balaban J connectivity index is 1.36. The molecule has 0 bridgehead atoms. The van der Waals surface area contributed by atoms with Gasteiger partial charge in [-0.1, -0.05) is 73.0 Å². The quantitative estimate of drug-likeness (QED) is 0.0829. The molecule has 0 amide bonds. The molecule has 0 aliphatic carbocycles. The molecule has 2 aliphatic rings. The van der Waals surface area contributed by atoms with Crippen LogP contribution in [-0.2, 0) is 6.42 Å². The van der Waals surface area contributed by atoms with E-state index in [1.165, 1.54) is 22.5 Å². The van der Waals surface area contributed by atoms with Crippen molar-refractivity contribution >= 4 is 32.3 Å². The van der Waals surface area contributed by atoms with Gasteiger partial charge in [0.2, 0.25) is 0 Å². The molecule has 1 fully saturated rings. The van der Waals surface area contributed by atoms with Crippen LogP contribution in [0.1, 0.15) is 76.8 Å². The van der Waals surface area contributed by atoms with Gasteiger partial charge in [0.25, 0.3) is 0 Å². The van der Waals surface area contributed by atoms with Crippen LogP contribution in [-0.4, -0.2) is 33.5 Å². The molecule has 1 aromatic rings. The van der Waals surface area contributed by atoms with E-state index in [2.05, 4.69) is 97.0 Å². The van der Waals surface area contributed by atoms with E-state index >= 15 is 0 Å². The average molecular weight is 549 g/mol. The molecule has 6 heteroatoms. The minimum atomic E-state index is 0.0252. The minimum absolute atomic E-state index is 0.0252. The molecule has 0 unspecified atom stereocenters. The normalized spacial score (nSPS) is 16.1. The molecular formula is C32H44N4S2. The number of aliphatic imine (C=N–C) groups is 1. The summed E-state index contributed by atoms with van der Waals surface area (Å²) in [5.41, 5.74) is 11.2. The molecule has 0 saturated carbocycles. The van der Waals surface area contributed by atoms with Gasteiger partial charge in [-0.05, 0) is 93.7 Å². The Hall–Kier alpha value is -2.44. The Labute approximate surface area is 238 Å². The number of aryl methyl sites for hydroxylation is 1. The smallest absolute Gasteiger partial charge is 0.101 e.